The normalized spacial score (nSPS) is 11.2. The number of pyridine rings is 2. The van der Waals surface area contributed by atoms with Crippen LogP contribution in [0, 0.1) is 10.8 Å². The second kappa shape index (κ2) is 13.8. The van der Waals surface area contributed by atoms with E-state index in [0.717, 1.165) is 0 Å². The summed E-state index contributed by atoms with van der Waals surface area (Å²) in [5.74, 6) is -0.818. The Hall–Kier alpha value is -3.28. The predicted molar refractivity (Wildman–Crippen MR) is 122 cm³/mol. The molecule has 0 unspecified atom stereocenters. The van der Waals surface area contributed by atoms with Gasteiger partial charge in [-0.3, -0.25) is 20.8 Å². The molecule has 156 valence electrons. The van der Waals surface area contributed by atoms with Crippen molar-refractivity contribution < 1.29 is 0 Å². The molecular weight excluding hydrogens is 441 g/mol. The summed E-state index contributed by atoms with van der Waals surface area (Å²) in [6.45, 7) is 0. The second-order valence-corrected chi connectivity index (χ2v) is 4.76. The first kappa shape index (κ1) is 27.9. The lowest BCUT2D eigenvalue weighted by molar-refractivity contribution is 0.985. The third kappa shape index (κ3) is 8.51. The molecule has 0 spiro atoms. The molecule has 0 amide bonds. The van der Waals surface area contributed by atoms with Gasteiger partial charge in [0.15, 0.2) is 11.4 Å². The molecule has 0 aromatic carbocycles. The fourth-order valence-corrected chi connectivity index (χ4v) is 1.74. The molecule has 0 aliphatic heterocycles. The van der Waals surface area contributed by atoms with Gasteiger partial charge < -0.3 is 17.2 Å². The molecule has 0 saturated heterocycles. The highest BCUT2D eigenvalue weighted by atomic mass is 35.5. The summed E-state index contributed by atoms with van der Waals surface area (Å²) in [6.07, 6.45) is 3.08. The highest BCUT2D eigenvalue weighted by Crippen LogP contribution is 1.98. The molecule has 9 N–H and O–H groups in total. The van der Waals surface area contributed by atoms with Crippen LogP contribution in [0.4, 0.5) is 0 Å². The van der Waals surface area contributed by atoms with Crippen molar-refractivity contribution in [3.63, 3.8) is 0 Å². The summed E-state index contributed by atoms with van der Waals surface area (Å²) < 4.78 is 0. The molecule has 0 bridgehead atoms. The van der Waals surface area contributed by atoms with Gasteiger partial charge in [0.05, 0.1) is 11.4 Å². The lowest BCUT2D eigenvalue weighted by atomic mass is 10.2. The number of hydrogen-bond donors (Lipinski definition) is 6. The highest BCUT2D eigenvalue weighted by Gasteiger charge is 2.09. The number of nitrogens with one attached hydrogen (secondary N) is 3. The molecule has 0 fully saturated rings. The Kier molecular flexibility index (Phi) is 13.3. The summed E-state index contributed by atoms with van der Waals surface area (Å²) in [4.78, 5) is 8.12. The molecule has 29 heavy (non-hydrogen) atoms. The van der Waals surface area contributed by atoms with Crippen LogP contribution in [-0.2, 0) is 0 Å². The van der Waals surface area contributed by atoms with Gasteiger partial charge in [-0.05, 0) is 24.3 Å². The summed E-state index contributed by atoms with van der Waals surface area (Å²) in [5, 5.41) is 26.6. The number of aromatic nitrogens is 2. The van der Waals surface area contributed by atoms with Crippen LogP contribution in [0.5, 0.6) is 0 Å². The molecule has 2 rings (SSSR count). The predicted octanol–water partition coefficient (Wildman–Crippen LogP) is 0.627. The third-order valence-corrected chi connectivity index (χ3v) is 2.87. The van der Waals surface area contributed by atoms with Gasteiger partial charge in [0.2, 0.25) is 5.96 Å². The van der Waals surface area contributed by atoms with E-state index in [1.54, 1.807) is 42.6 Å². The Balaban J connectivity index is 0. The van der Waals surface area contributed by atoms with E-state index in [1.165, 1.54) is 6.20 Å². The first-order valence-electron chi connectivity index (χ1n) is 7.25. The third-order valence-electron chi connectivity index (χ3n) is 2.87. The fraction of sp³-hybridized carbons (Fsp3) is 0. The smallest absolute Gasteiger partial charge is 0.234 e. The van der Waals surface area contributed by atoms with Crippen LogP contribution >= 0.6 is 37.2 Å². The Labute approximate surface area is 185 Å². The van der Waals surface area contributed by atoms with Gasteiger partial charge in [-0.1, -0.05) is 12.1 Å². The minimum atomic E-state index is -0.318. The number of nitrogens with two attached hydrogens (primary N) is 3. The van der Waals surface area contributed by atoms with Crippen LogP contribution in [0.2, 0.25) is 0 Å². The van der Waals surface area contributed by atoms with Gasteiger partial charge in [0.1, 0.15) is 11.7 Å². The number of hydrogen-bond acceptors (Lipinski definition) is 7. The lowest BCUT2D eigenvalue weighted by Crippen LogP contribution is -2.32. The standard InChI is InChI=1S/C15H17N11.3ClH/c16-13(17)11(9-5-1-3-7-21-9)23-25-15(20)26-24-12(14(18)19)10-6-2-4-8-22-10;;;/h1-8H,(H3,16,17)(H3,18,19)(H3,20,25,26);3*1H/b23-11-,24-12-;;;. The molecule has 2 aromatic rings. The SMILES string of the molecule is Cl.Cl.Cl.N=C(N)/C(=N\N=C(/N)N/N=C(\C(=N)N)c1ccccn1)c1ccccn1. The van der Waals surface area contributed by atoms with Crippen molar-refractivity contribution in [3.8, 4) is 0 Å². The molecule has 0 aliphatic carbocycles. The number of nitrogens with zero attached hydrogens (tertiary/aromatic N) is 5. The molecule has 0 radical (unpaired) electrons. The Morgan fingerprint density at radius 2 is 1.24 bits per heavy atom. The number of halogens is 3. The highest BCUT2D eigenvalue weighted by molar-refractivity contribution is 6.46. The van der Waals surface area contributed by atoms with Crippen LogP contribution in [0.15, 0.2) is 64.1 Å². The number of amidine groups is 2. The van der Waals surface area contributed by atoms with Crippen molar-refractivity contribution in [1.82, 2.24) is 15.4 Å². The minimum Gasteiger partial charge on any atom is -0.382 e. The van der Waals surface area contributed by atoms with Crippen molar-refractivity contribution in [2.75, 3.05) is 0 Å². The van der Waals surface area contributed by atoms with Gasteiger partial charge >= 0.3 is 0 Å². The first-order valence-corrected chi connectivity index (χ1v) is 7.25. The van der Waals surface area contributed by atoms with Gasteiger partial charge in [-0.2, -0.15) is 5.10 Å². The van der Waals surface area contributed by atoms with E-state index in [0.29, 0.717) is 11.4 Å². The molecule has 2 heterocycles. The zero-order valence-corrected chi connectivity index (χ0v) is 17.3. The van der Waals surface area contributed by atoms with Gasteiger partial charge in [0.25, 0.3) is 0 Å². The largest absolute Gasteiger partial charge is 0.382 e. The van der Waals surface area contributed by atoms with E-state index in [1.807, 2.05) is 0 Å². The number of guanidine groups is 1. The number of hydrazone groups is 1. The van der Waals surface area contributed by atoms with Crippen LogP contribution < -0.4 is 22.6 Å². The van der Waals surface area contributed by atoms with Crippen molar-refractivity contribution in [3.05, 3.63) is 60.2 Å². The van der Waals surface area contributed by atoms with Crippen LogP contribution in [0.25, 0.3) is 0 Å². The first-order chi connectivity index (χ1) is 12.5. The van der Waals surface area contributed by atoms with Crippen LogP contribution in [-0.4, -0.2) is 39.0 Å². The maximum absolute atomic E-state index is 7.58. The van der Waals surface area contributed by atoms with E-state index in [-0.39, 0.29) is 66.3 Å². The summed E-state index contributed by atoms with van der Waals surface area (Å²) in [5.41, 5.74) is 20.0. The summed E-state index contributed by atoms with van der Waals surface area (Å²) in [7, 11) is 0. The Bertz CT molecular complexity index is 883. The second-order valence-electron chi connectivity index (χ2n) is 4.76. The molecular formula is C15H20Cl3N11. The van der Waals surface area contributed by atoms with Gasteiger partial charge in [-0.25, -0.2) is 5.43 Å². The van der Waals surface area contributed by atoms with Crippen LogP contribution in [0.1, 0.15) is 11.4 Å². The summed E-state index contributed by atoms with van der Waals surface area (Å²) in [6, 6.07) is 10.2. The molecule has 0 saturated carbocycles. The van der Waals surface area contributed by atoms with Crippen molar-refractivity contribution >= 4 is 66.3 Å². The quantitative estimate of drug-likeness (QED) is 0.207. The van der Waals surface area contributed by atoms with E-state index < -0.39 is 0 Å². The topological polar surface area (TPSA) is 201 Å². The van der Waals surface area contributed by atoms with Crippen molar-refractivity contribution in [2.24, 2.45) is 32.5 Å². The monoisotopic (exact) mass is 459 g/mol. The van der Waals surface area contributed by atoms with E-state index in [9.17, 15) is 0 Å². The van der Waals surface area contributed by atoms with Gasteiger partial charge in [0, 0.05) is 12.4 Å². The summed E-state index contributed by atoms with van der Waals surface area (Å²) >= 11 is 0. The fourth-order valence-electron chi connectivity index (χ4n) is 1.74. The Morgan fingerprint density at radius 1 is 0.759 bits per heavy atom. The van der Waals surface area contributed by atoms with Crippen molar-refractivity contribution in [2.45, 2.75) is 0 Å². The molecule has 0 atom stereocenters. The maximum Gasteiger partial charge on any atom is 0.234 e. The molecule has 11 nitrogen and oxygen atoms in total. The van der Waals surface area contributed by atoms with E-state index in [4.69, 9.17) is 28.0 Å². The van der Waals surface area contributed by atoms with E-state index in [2.05, 4.69) is 30.7 Å². The molecule has 14 heteroatoms. The average molecular weight is 461 g/mol. The van der Waals surface area contributed by atoms with Crippen molar-refractivity contribution in [1.29, 1.82) is 10.8 Å². The molecule has 0 aliphatic rings. The van der Waals surface area contributed by atoms with E-state index >= 15 is 0 Å². The number of rotatable bonds is 6. The molecule has 2 aromatic heterocycles. The lowest BCUT2D eigenvalue weighted by Gasteiger charge is -2.05. The zero-order valence-electron chi connectivity index (χ0n) is 14.8. The zero-order chi connectivity index (χ0) is 18.9. The van der Waals surface area contributed by atoms with Crippen LogP contribution in [0.3, 0.4) is 0 Å². The Morgan fingerprint density at radius 3 is 1.66 bits per heavy atom. The average Bonchev–Trinajstić information content (AvgIpc) is 2.63. The maximum atomic E-state index is 7.58. The van der Waals surface area contributed by atoms with Gasteiger partial charge in [-0.15, -0.1) is 47.4 Å². The minimum absolute atomic E-state index is 0.